The minimum Gasteiger partial charge on any atom is -0.396 e. The maximum atomic E-state index is 9.79. The van der Waals surface area contributed by atoms with Gasteiger partial charge in [0.05, 0.1) is 0 Å². The van der Waals surface area contributed by atoms with Crippen molar-refractivity contribution in [2.24, 2.45) is 41.4 Å². The van der Waals surface area contributed by atoms with Gasteiger partial charge in [-0.05, 0) is 99.2 Å². The van der Waals surface area contributed by atoms with Crippen LogP contribution in [0.4, 0.5) is 0 Å². The van der Waals surface area contributed by atoms with Crippen molar-refractivity contribution < 1.29 is 5.11 Å². The third-order valence-corrected chi connectivity index (χ3v) is 9.85. The van der Waals surface area contributed by atoms with E-state index in [-0.39, 0.29) is 0 Å². The van der Waals surface area contributed by atoms with E-state index in [9.17, 15) is 5.11 Å². The van der Waals surface area contributed by atoms with Gasteiger partial charge in [0.25, 0.3) is 0 Å². The molecule has 0 saturated heterocycles. The van der Waals surface area contributed by atoms with Crippen molar-refractivity contribution in [3.05, 3.63) is 0 Å². The van der Waals surface area contributed by atoms with E-state index in [0.29, 0.717) is 6.61 Å². The minimum absolute atomic E-state index is 0.418. The lowest BCUT2D eigenvalue weighted by Gasteiger charge is -2.43. The first-order valence-electron chi connectivity index (χ1n) is 14.4. The van der Waals surface area contributed by atoms with E-state index in [4.69, 9.17) is 0 Å². The van der Waals surface area contributed by atoms with Crippen LogP contribution in [0.15, 0.2) is 0 Å². The number of aliphatic hydroxyl groups is 1. The Morgan fingerprint density at radius 1 is 0.600 bits per heavy atom. The fourth-order valence-corrected chi connectivity index (χ4v) is 7.99. The quantitative estimate of drug-likeness (QED) is 0.332. The number of aliphatic hydroxyl groups excluding tert-OH is 1. The highest BCUT2D eigenvalue weighted by Gasteiger charge is 2.36. The molecule has 3 aliphatic carbocycles. The zero-order valence-electron chi connectivity index (χ0n) is 20.6. The van der Waals surface area contributed by atoms with E-state index in [0.717, 1.165) is 47.8 Å². The monoisotopic (exact) mass is 418 g/mol. The second-order valence-electron chi connectivity index (χ2n) is 11.7. The minimum atomic E-state index is 0.418. The topological polar surface area (TPSA) is 20.2 Å². The van der Waals surface area contributed by atoms with E-state index < -0.39 is 0 Å². The molecule has 3 fully saturated rings. The molecule has 0 amide bonds. The van der Waals surface area contributed by atoms with Crippen LogP contribution in [-0.2, 0) is 0 Å². The lowest BCUT2D eigenvalue weighted by Crippen LogP contribution is -2.33. The lowest BCUT2D eigenvalue weighted by molar-refractivity contribution is 0.0690. The van der Waals surface area contributed by atoms with E-state index in [1.807, 2.05) is 0 Å². The van der Waals surface area contributed by atoms with Crippen LogP contribution >= 0.6 is 0 Å². The van der Waals surface area contributed by atoms with Gasteiger partial charge in [-0.2, -0.15) is 0 Å². The smallest absolute Gasteiger partial charge is 0.0433 e. The highest BCUT2D eigenvalue weighted by molar-refractivity contribution is 4.87. The molecule has 1 heteroatoms. The van der Waals surface area contributed by atoms with Gasteiger partial charge in [-0.1, -0.05) is 78.1 Å². The molecule has 0 aromatic rings. The SMILES string of the molecule is CCCCCC1CCC(C2CCC(C(CCO)C3CCC(CCC)CC3)CC2)CC1. The van der Waals surface area contributed by atoms with Gasteiger partial charge < -0.3 is 5.11 Å². The van der Waals surface area contributed by atoms with Crippen LogP contribution in [0, 0.1) is 41.4 Å². The van der Waals surface area contributed by atoms with Gasteiger partial charge in [-0.15, -0.1) is 0 Å². The zero-order chi connectivity index (χ0) is 21.2. The maximum Gasteiger partial charge on any atom is 0.0433 e. The molecule has 176 valence electrons. The number of hydrogen-bond acceptors (Lipinski definition) is 1. The molecule has 0 aromatic carbocycles. The van der Waals surface area contributed by atoms with Crippen molar-refractivity contribution in [1.29, 1.82) is 0 Å². The van der Waals surface area contributed by atoms with Crippen molar-refractivity contribution in [2.75, 3.05) is 6.61 Å². The summed E-state index contributed by atoms with van der Waals surface area (Å²) < 4.78 is 0. The summed E-state index contributed by atoms with van der Waals surface area (Å²) in [6.45, 7) is 5.09. The first kappa shape index (κ1) is 24.6. The molecular weight excluding hydrogens is 364 g/mol. The molecule has 3 saturated carbocycles. The summed E-state index contributed by atoms with van der Waals surface area (Å²) in [5.74, 6) is 6.82. The first-order chi connectivity index (χ1) is 14.7. The Bertz CT molecular complexity index is 422. The van der Waals surface area contributed by atoms with Crippen molar-refractivity contribution in [1.82, 2.24) is 0 Å². The molecule has 0 heterocycles. The summed E-state index contributed by atoms with van der Waals surface area (Å²) in [5, 5.41) is 9.79. The van der Waals surface area contributed by atoms with Gasteiger partial charge >= 0.3 is 0 Å². The van der Waals surface area contributed by atoms with E-state index in [1.54, 1.807) is 0 Å². The zero-order valence-corrected chi connectivity index (χ0v) is 20.6. The van der Waals surface area contributed by atoms with Crippen LogP contribution < -0.4 is 0 Å². The summed E-state index contributed by atoms with van der Waals surface area (Å²) in [6.07, 6.45) is 27.6. The van der Waals surface area contributed by atoms with Gasteiger partial charge in [-0.25, -0.2) is 0 Å². The Hall–Kier alpha value is -0.0400. The van der Waals surface area contributed by atoms with E-state index >= 15 is 0 Å². The molecular formula is C29H54O. The van der Waals surface area contributed by atoms with E-state index in [2.05, 4.69) is 13.8 Å². The molecule has 1 nitrogen and oxygen atoms in total. The Kier molecular flexibility index (Phi) is 11.1. The third kappa shape index (κ3) is 7.25. The lowest BCUT2D eigenvalue weighted by atomic mass is 9.63. The van der Waals surface area contributed by atoms with Crippen LogP contribution in [0.25, 0.3) is 0 Å². The average Bonchev–Trinajstić information content (AvgIpc) is 2.79. The summed E-state index contributed by atoms with van der Waals surface area (Å²) in [4.78, 5) is 0. The fourth-order valence-electron chi connectivity index (χ4n) is 7.99. The van der Waals surface area contributed by atoms with Crippen LogP contribution in [0.1, 0.15) is 136 Å². The molecule has 3 aliphatic rings. The largest absolute Gasteiger partial charge is 0.396 e. The molecule has 1 atom stereocenters. The summed E-state index contributed by atoms with van der Waals surface area (Å²) in [5.41, 5.74) is 0. The molecule has 3 rings (SSSR count). The second-order valence-corrected chi connectivity index (χ2v) is 11.7. The molecule has 1 unspecified atom stereocenters. The highest BCUT2D eigenvalue weighted by Crippen LogP contribution is 2.47. The van der Waals surface area contributed by atoms with Crippen molar-refractivity contribution in [3.63, 3.8) is 0 Å². The van der Waals surface area contributed by atoms with Gasteiger partial charge in [-0.3, -0.25) is 0 Å². The molecule has 0 radical (unpaired) electrons. The number of hydrogen-bond donors (Lipinski definition) is 1. The molecule has 1 N–H and O–H groups in total. The Labute approximate surface area is 189 Å². The molecule has 30 heavy (non-hydrogen) atoms. The van der Waals surface area contributed by atoms with Gasteiger partial charge in [0, 0.05) is 6.61 Å². The van der Waals surface area contributed by atoms with Crippen LogP contribution in [0.5, 0.6) is 0 Å². The van der Waals surface area contributed by atoms with Gasteiger partial charge in [0.15, 0.2) is 0 Å². The fraction of sp³-hybridized carbons (Fsp3) is 1.00. The first-order valence-corrected chi connectivity index (χ1v) is 14.4. The Morgan fingerprint density at radius 2 is 1.10 bits per heavy atom. The predicted molar refractivity (Wildman–Crippen MR) is 131 cm³/mol. The van der Waals surface area contributed by atoms with Gasteiger partial charge in [0.1, 0.15) is 0 Å². The number of unbranched alkanes of at least 4 members (excludes halogenated alkanes) is 2. The van der Waals surface area contributed by atoms with Crippen LogP contribution in [0.2, 0.25) is 0 Å². The average molecular weight is 419 g/mol. The summed E-state index contributed by atoms with van der Waals surface area (Å²) in [6, 6.07) is 0. The molecule has 0 aliphatic heterocycles. The summed E-state index contributed by atoms with van der Waals surface area (Å²) in [7, 11) is 0. The van der Waals surface area contributed by atoms with Crippen molar-refractivity contribution >= 4 is 0 Å². The van der Waals surface area contributed by atoms with Crippen molar-refractivity contribution in [3.8, 4) is 0 Å². The Balaban J connectivity index is 1.40. The summed E-state index contributed by atoms with van der Waals surface area (Å²) >= 11 is 0. The second kappa shape index (κ2) is 13.5. The van der Waals surface area contributed by atoms with Crippen molar-refractivity contribution in [2.45, 2.75) is 136 Å². The maximum absolute atomic E-state index is 9.79. The predicted octanol–water partition coefficient (Wildman–Crippen LogP) is 8.78. The molecule has 0 aromatic heterocycles. The number of rotatable bonds is 11. The standard InChI is InChI=1S/C29H54O/c1-3-5-6-8-24-9-13-25(14-10-24)26-17-19-28(20-18-26)29(21-22-30)27-15-11-23(7-4-2)12-16-27/h23-30H,3-22H2,1-2H3. The Morgan fingerprint density at radius 3 is 1.63 bits per heavy atom. The molecule has 0 spiro atoms. The normalized spacial score (nSPS) is 36.5. The molecule has 0 bridgehead atoms. The van der Waals surface area contributed by atoms with Crippen LogP contribution in [0.3, 0.4) is 0 Å². The van der Waals surface area contributed by atoms with Gasteiger partial charge in [0.2, 0.25) is 0 Å². The van der Waals surface area contributed by atoms with Crippen LogP contribution in [-0.4, -0.2) is 11.7 Å². The third-order valence-electron chi connectivity index (χ3n) is 9.85. The van der Waals surface area contributed by atoms with E-state index in [1.165, 1.54) is 116 Å². The highest BCUT2D eigenvalue weighted by atomic mass is 16.3.